The lowest BCUT2D eigenvalue weighted by Crippen LogP contribution is -2.04. The van der Waals surface area contributed by atoms with Crippen LogP contribution >= 0.6 is 0 Å². The molecule has 5 nitrogen and oxygen atoms in total. The summed E-state index contributed by atoms with van der Waals surface area (Å²) in [5.41, 5.74) is 6.99. The van der Waals surface area contributed by atoms with Gasteiger partial charge in [-0.15, -0.1) is 0 Å². The van der Waals surface area contributed by atoms with E-state index < -0.39 is 5.97 Å². The number of hydrogen-bond acceptors (Lipinski definition) is 5. The number of fused-ring (bicyclic) bond motifs is 1. The van der Waals surface area contributed by atoms with Crippen molar-refractivity contribution in [1.82, 2.24) is 9.97 Å². The molecule has 15 heavy (non-hydrogen) atoms. The highest BCUT2D eigenvalue weighted by Gasteiger charge is 2.11. The number of rotatable bonds is 1. The maximum atomic E-state index is 11.4. The van der Waals surface area contributed by atoms with Gasteiger partial charge in [0.25, 0.3) is 0 Å². The number of carbonyl (C=O) groups is 1. The predicted octanol–water partition coefficient (Wildman–Crippen LogP) is 0.999. The van der Waals surface area contributed by atoms with Gasteiger partial charge in [0.2, 0.25) is 0 Å². The van der Waals surface area contributed by atoms with Crippen molar-refractivity contribution in [3.05, 3.63) is 30.0 Å². The summed E-state index contributed by atoms with van der Waals surface area (Å²) in [4.78, 5) is 19.5. The molecule has 2 N–H and O–H groups in total. The zero-order valence-corrected chi connectivity index (χ0v) is 8.10. The quantitative estimate of drug-likeness (QED) is 0.699. The highest BCUT2D eigenvalue weighted by Crippen LogP contribution is 2.16. The fraction of sp³-hybridized carbons (Fsp3) is 0.100. The number of hydrogen-bond donors (Lipinski definition) is 1. The molecular formula is C10H9N3O2. The molecule has 2 rings (SSSR count). The fourth-order valence-corrected chi connectivity index (χ4v) is 1.31. The Bertz CT molecular complexity index is 525. The summed E-state index contributed by atoms with van der Waals surface area (Å²) in [6.07, 6.45) is 1.53. The summed E-state index contributed by atoms with van der Waals surface area (Å²) in [6, 6.07) is 4.90. The number of pyridine rings is 2. The first kappa shape index (κ1) is 9.39. The van der Waals surface area contributed by atoms with Crippen LogP contribution in [-0.2, 0) is 4.74 Å². The van der Waals surface area contributed by atoms with Gasteiger partial charge in [0.1, 0.15) is 11.3 Å². The average molecular weight is 203 g/mol. The molecule has 0 bridgehead atoms. The Labute approximate surface area is 85.9 Å². The van der Waals surface area contributed by atoms with Gasteiger partial charge in [0.15, 0.2) is 0 Å². The Morgan fingerprint density at radius 2 is 2.20 bits per heavy atom. The lowest BCUT2D eigenvalue weighted by Gasteiger charge is -2.03. The third kappa shape index (κ3) is 1.59. The van der Waals surface area contributed by atoms with Crippen molar-refractivity contribution >= 4 is 22.8 Å². The van der Waals surface area contributed by atoms with Gasteiger partial charge in [-0.3, -0.25) is 4.98 Å². The van der Waals surface area contributed by atoms with Crippen molar-refractivity contribution in [2.45, 2.75) is 0 Å². The van der Waals surface area contributed by atoms with Crippen molar-refractivity contribution in [2.24, 2.45) is 0 Å². The van der Waals surface area contributed by atoms with Crippen LogP contribution in [0.15, 0.2) is 24.4 Å². The van der Waals surface area contributed by atoms with E-state index in [0.717, 1.165) is 0 Å². The maximum Gasteiger partial charge on any atom is 0.340 e. The number of nitrogens with zero attached hydrogens (tertiary/aromatic N) is 2. The molecule has 0 amide bonds. The summed E-state index contributed by atoms with van der Waals surface area (Å²) in [5, 5.41) is 0. The van der Waals surface area contributed by atoms with Crippen molar-refractivity contribution in [3.8, 4) is 0 Å². The lowest BCUT2D eigenvalue weighted by molar-refractivity contribution is 0.0602. The van der Waals surface area contributed by atoms with E-state index in [1.165, 1.54) is 13.3 Å². The van der Waals surface area contributed by atoms with E-state index >= 15 is 0 Å². The first-order valence-corrected chi connectivity index (χ1v) is 4.32. The Balaban J connectivity index is 2.74. The Kier molecular flexibility index (Phi) is 2.21. The van der Waals surface area contributed by atoms with Crippen LogP contribution in [0.1, 0.15) is 10.4 Å². The minimum absolute atomic E-state index is 0.348. The molecule has 0 unspecified atom stereocenters. The van der Waals surface area contributed by atoms with E-state index in [1.807, 2.05) is 0 Å². The van der Waals surface area contributed by atoms with Crippen LogP contribution in [0.3, 0.4) is 0 Å². The zero-order valence-electron chi connectivity index (χ0n) is 8.10. The second-order valence-electron chi connectivity index (χ2n) is 2.95. The van der Waals surface area contributed by atoms with Crippen LogP contribution in [0, 0.1) is 0 Å². The first-order valence-electron chi connectivity index (χ1n) is 4.32. The molecule has 2 aromatic rings. The number of anilines is 1. The van der Waals surface area contributed by atoms with Gasteiger partial charge in [-0.05, 0) is 18.2 Å². The summed E-state index contributed by atoms with van der Waals surface area (Å²) in [6.45, 7) is 0. The third-order valence-corrected chi connectivity index (χ3v) is 2.01. The molecule has 0 saturated carbocycles. The van der Waals surface area contributed by atoms with E-state index in [1.54, 1.807) is 18.2 Å². The van der Waals surface area contributed by atoms with E-state index in [2.05, 4.69) is 14.7 Å². The minimum Gasteiger partial charge on any atom is -0.465 e. The van der Waals surface area contributed by atoms with E-state index in [-0.39, 0.29) is 0 Å². The molecule has 0 aliphatic heterocycles. The van der Waals surface area contributed by atoms with E-state index in [9.17, 15) is 4.79 Å². The summed E-state index contributed by atoms with van der Waals surface area (Å²) >= 11 is 0. The van der Waals surface area contributed by atoms with E-state index in [0.29, 0.717) is 22.4 Å². The molecule has 0 saturated heterocycles. The molecule has 0 spiro atoms. The maximum absolute atomic E-state index is 11.4. The number of carbonyl (C=O) groups excluding carboxylic acids is 1. The average Bonchev–Trinajstić information content (AvgIpc) is 2.27. The number of nitrogens with two attached hydrogens (primary N) is 1. The van der Waals surface area contributed by atoms with Crippen LogP contribution in [0.4, 0.5) is 5.82 Å². The van der Waals surface area contributed by atoms with Gasteiger partial charge < -0.3 is 10.5 Å². The molecular weight excluding hydrogens is 194 g/mol. The Morgan fingerprint density at radius 1 is 1.40 bits per heavy atom. The molecule has 0 atom stereocenters. The standard InChI is InChI=1S/C10H9N3O2/c1-15-10(14)6-4-5-12-7-2-3-8(11)13-9(6)7/h2-5H,1H3,(H2,11,13). The SMILES string of the molecule is COC(=O)c1ccnc2ccc(N)nc12. The van der Waals surface area contributed by atoms with Gasteiger partial charge >= 0.3 is 5.97 Å². The highest BCUT2D eigenvalue weighted by atomic mass is 16.5. The molecule has 76 valence electrons. The smallest absolute Gasteiger partial charge is 0.340 e. The molecule has 0 aliphatic carbocycles. The molecule has 5 heteroatoms. The number of nitrogen functional groups attached to an aromatic ring is 1. The molecule has 0 aliphatic rings. The fourth-order valence-electron chi connectivity index (χ4n) is 1.31. The highest BCUT2D eigenvalue weighted by molar-refractivity contribution is 6.01. The minimum atomic E-state index is -0.444. The van der Waals surface area contributed by atoms with Crippen LogP contribution < -0.4 is 5.73 Å². The zero-order chi connectivity index (χ0) is 10.8. The monoisotopic (exact) mass is 203 g/mol. The summed E-state index contributed by atoms with van der Waals surface area (Å²) < 4.78 is 4.64. The molecule has 0 radical (unpaired) electrons. The Hall–Kier alpha value is -2.17. The van der Waals surface area contributed by atoms with Gasteiger partial charge in [-0.25, -0.2) is 9.78 Å². The molecule has 0 aromatic carbocycles. The van der Waals surface area contributed by atoms with Gasteiger partial charge in [0.05, 0.1) is 18.2 Å². The van der Waals surface area contributed by atoms with Crippen molar-refractivity contribution < 1.29 is 9.53 Å². The molecule has 0 fully saturated rings. The van der Waals surface area contributed by atoms with Crippen LogP contribution in [0.2, 0.25) is 0 Å². The number of esters is 1. The summed E-state index contributed by atoms with van der Waals surface area (Å²) in [7, 11) is 1.32. The lowest BCUT2D eigenvalue weighted by atomic mass is 10.2. The van der Waals surface area contributed by atoms with Crippen molar-refractivity contribution in [1.29, 1.82) is 0 Å². The van der Waals surface area contributed by atoms with E-state index in [4.69, 9.17) is 5.73 Å². The Morgan fingerprint density at radius 3 is 2.93 bits per heavy atom. The summed E-state index contributed by atoms with van der Waals surface area (Å²) in [5.74, 6) is -0.0962. The molecule has 2 heterocycles. The number of aromatic nitrogens is 2. The first-order chi connectivity index (χ1) is 7.22. The van der Waals surface area contributed by atoms with Crippen LogP contribution in [0.5, 0.6) is 0 Å². The number of ether oxygens (including phenoxy) is 1. The van der Waals surface area contributed by atoms with Crippen LogP contribution in [0.25, 0.3) is 11.0 Å². The topological polar surface area (TPSA) is 78.1 Å². The van der Waals surface area contributed by atoms with Gasteiger partial charge in [-0.1, -0.05) is 0 Å². The second kappa shape index (κ2) is 3.53. The van der Waals surface area contributed by atoms with Crippen molar-refractivity contribution in [3.63, 3.8) is 0 Å². The van der Waals surface area contributed by atoms with Crippen LogP contribution in [-0.4, -0.2) is 23.0 Å². The van der Waals surface area contributed by atoms with Gasteiger partial charge in [0, 0.05) is 6.20 Å². The number of methoxy groups -OCH3 is 1. The normalized spacial score (nSPS) is 10.2. The molecule has 2 aromatic heterocycles. The van der Waals surface area contributed by atoms with Gasteiger partial charge in [-0.2, -0.15) is 0 Å². The third-order valence-electron chi connectivity index (χ3n) is 2.01. The predicted molar refractivity (Wildman–Crippen MR) is 55.3 cm³/mol. The van der Waals surface area contributed by atoms with Crippen molar-refractivity contribution in [2.75, 3.05) is 12.8 Å². The largest absolute Gasteiger partial charge is 0.465 e. The second-order valence-corrected chi connectivity index (χ2v) is 2.95.